The Kier molecular flexibility index (Phi) is 1.82. The molecule has 0 bridgehead atoms. The van der Waals surface area contributed by atoms with Crippen molar-refractivity contribution in [1.29, 1.82) is 0 Å². The summed E-state index contributed by atoms with van der Waals surface area (Å²) < 4.78 is 0. The minimum Gasteiger partial charge on any atom is -0.307 e. The van der Waals surface area contributed by atoms with Gasteiger partial charge in [0, 0.05) is 12.4 Å². The molecular formula is C13H9N3S. The maximum atomic E-state index is 4.45. The van der Waals surface area contributed by atoms with Gasteiger partial charge < -0.3 is 4.90 Å². The van der Waals surface area contributed by atoms with E-state index in [1.165, 1.54) is 11.3 Å². The lowest BCUT2D eigenvalue weighted by Gasteiger charge is -2.28. The van der Waals surface area contributed by atoms with E-state index in [1.807, 2.05) is 0 Å². The monoisotopic (exact) mass is 239 g/mol. The van der Waals surface area contributed by atoms with Gasteiger partial charge in [-0.05, 0) is 11.6 Å². The van der Waals surface area contributed by atoms with E-state index in [4.69, 9.17) is 0 Å². The first-order valence-electron chi connectivity index (χ1n) is 5.47. The summed E-state index contributed by atoms with van der Waals surface area (Å²) in [6, 6.07) is 8.38. The van der Waals surface area contributed by atoms with Crippen LogP contribution in [0.1, 0.15) is 5.56 Å². The first-order chi connectivity index (χ1) is 8.43. The Hall–Kier alpha value is -1.81. The fourth-order valence-electron chi connectivity index (χ4n) is 2.26. The van der Waals surface area contributed by atoms with Crippen LogP contribution in [0.4, 0.5) is 11.5 Å². The second kappa shape index (κ2) is 3.34. The molecule has 0 N–H and O–H groups in total. The summed E-state index contributed by atoms with van der Waals surface area (Å²) in [6.45, 7) is 0. The van der Waals surface area contributed by atoms with Crippen LogP contribution in [0.15, 0.2) is 47.8 Å². The van der Waals surface area contributed by atoms with E-state index in [9.17, 15) is 0 Å². The molecule has 0 saturated heterocycles. The highest BCUT2D eigenvalue weighted by Gasteiger charge is 2.34. The molecule has 2 aliphatic rings. The van der Waals surface area contributed by atoms with E-state index < -0.39 is 0 Å². The lowest BCUT2D eigenvalue weighted by atomic mass is 10.1. The summed E-state index contributed by atoms with van der Waals surface area (Å²) in [6.07, 6.45) is 7.88. The quantitative estimate of drug-likeness (QED) is 0.706. The number of benzene rings is 1. The molecule has 1 aromatic heterocycles. The molecule has 0 saturated carbocycles. The van der Waals surface area contributed by atoms with Gasteiger partial charge in [-0.1, -0.05) is 42.1 Å². The van der Waals surface area contributed by atoms with Gasteiger partial charge >= 0.3 is 0 Å². The maximum absolute atomic E-state index is 4.45. The highest BCUT2D eigenvalue weighted by molar-refractivity contribution is 8.00. The minimum absolute atomic E-state index is 0.294. The average Bonchev–Trinajstić information content (AvgIpc) is 2.77. The Morgan fingerprint density at radius 2 is 2.00 bits per heavy atom. The van der Waals surface area contributed by atoms with Crippen molar-refractivity contribution in [1.82, 2.24) is 9.97 Å². The molecule has 1 aromatic carbocycles. The van der Waals surface area contributed by atoms with Gasteiger partial charge in [0.05, 0.1) is 5.69 Å². The van der Waals surface area contributed by atoms with Gasteiger partial charge in [0.15, 0.2) is 5.82 Å². The van der Waals surface area contributed by atoms with Gasteiger partial charge in [0.25, 0.3) is 0 Å². The lowest BCUT2D eigenvalue weighted by molar-refractivity contribution is 0.970. The molecule has 0 spiro atoms. The van der Waals surface area contributed by atoms with Crippen molar-refractivity contribution in [3.8, 4) is 0 Å². The molecule has 3 heterocycles. The largest absolute Gasteiger partial charge is 0.307 e. The van der Waals surface area contributed by atoms with Gasteiger partial charge in [0.1, 0.15) is 10.4 Å². The summed E-state index contributed by atoms with van der Waals surface area (Å²) in [7, 11) is 0. The second-order valence-electron chi connectivity index (χ2n) is 3.98. The molecule has 2 aliphatic heterocycles. The molecule has 0 aliphatic carbocycles. The van der Waals surface area contributed by atoms with Crippen LogP contribution in [0.25, 0.3) is 6.08 Å². The van der Waals surface area contributed by atoms with Crippen molar-refractivity contribution >= 4 is 29.3 Å². The summed E-state index contributed by atoms with van der Waals surface area (Å²) in [5, 5.41) is 1.31. The van der Waals surface area contributed by atoms with Crippen LogP contribution in [-0.2, 0) is 0 Å². The van der Waals surface area contributed by atoms with Crippen LogP contribution in [0.3, 0.4) is 0 Å². The number of aromatic nitrogens is 2. The standard InChI is InChI=1S/C13H9N3S/c1-2-4-10-9(3-1)5-6-11-16(10)12-13(17-11)15-8-7-14-12/h1-8,11H. The number of para-hydroxylation sites is 1. The third-order valence-electron chi connectivity index (χ3n) is 3.00. The van der Waals surface area contributed by atoms with Crippen LogP contribution in [-0.4, -0.2) is 15.3 Å². The molecule has 17 heavy (non-hydrogen) atoms. The zero-order valence-electron chi connectivity index (χ0n) is 8.95. The first-order valence-corrected chi connectivity index (χ1v) is 6.35. The molecule has 82 valence electrons. The minimum atomic E-state index is 0.294. The van der Waals surface area contributed by atoms with Crippen LogP contribution in [0.5, 0.6) is 0 Å². The number of fused-ring (bicyclic) bond motifs is 5. The zero-order chi connectivity index (χ0) is 11.2. The van der Waals surface area contributed by atoms with E-state index in [1.54, 1.807) is 24.2 Å². The Morgan fingerprint density at radius 3 is 3.00 bits per heavy atom. The van der Waals surface area contributed by atoms with Gasteiger partial charge in [-0.3, -0.25) is 0 Å². The van der Waals surface area contributed by atoms with Crippen molar-refractivity contribution < 1.29 is 0 Å². The third kappa shape index (κ3) is 1.24. The number of hydrogen-bond donors (Lipinski definition) is 0. The Balaban J connectivity index is 1.96. The molecule has 1 atom stereocenters. The van der Waals surface area contributed by atoms with E-state index in [-0.39, 0.29) is 0 Å². The fraction of sp³-hybridized carbons (Fsp3) is 0.0769. The molecule has 1 unspecified atom stereocenters. The van der Waals surface area contributed by atoms with Gasteiger partial charge in [-0.2, -0.15) is 0 Å². The van der Waals surface area contributed by atoms with E-state index in [2.05, 4.69) is 51.3 Å². The van der Waals surface area contributed by atoms with Crippen molar-refractivity contribution in [3.63, 3.8) is 0 Å². The van der Waals surface area contributed by atoms with Gasteiger partial charge in [-0.15, -0.1) is 0 Å². The molecule has 2 aromatic rings. The van der Waals surface area contributed by atoms with Crippen LogP contribution >= 0.6 is 11.8 Å². The van der Waals surface area contributed by atoms with Crippen molar-refractivity contribution in [3.05, 3.63) is 48.3 Å². The number of rotatable bonds is 0. The zero-order valence-corrected chi connectivity index (χ0v) is 9.76. The highest BCUT2D eigenvalue weighted by atomic mass is 32.2. The predicted molar refractivity (Wildman–Crippen MR) is 69.3 cm³/mol. The van der Waals surface area contributed by atoms with Gasteiger partial charge in [0.2, 0.25) is 0 Å². The van der Waals surface area contributed by atoms with Gasteiger partial charge in [-0.25, -0.2) is 9.97 Å². The van der Waals surface area contributed by atoms with E-state index in [0.717, 1.165) is 10.8 Å². The molecule has 3 nitrogen and oxygen atoms in total. The summed E-state index contributed by atoms with van der Waals surface area (Å²) in [5.74, 6) is 0.972. The smallest absolute Gasteiger partial charge is 0.167 e. The second-order valence-corrected chi connectivity index (χ2v) is 5.09. The number of nitrogens with zero attached hydrogens (tertiary/aromatic N) is 3. The van der Waals surface area contributed by atoms with Crippen LogP contribution in [0, 0.1) is 0 Å². The first kappa shape index (κ1) is 9.24. The topological polar surface area (TPSA) is 29.0 Å². The van der Waals surface area contributed by atoms with Crippen LogP contribution in [0.2, 0.25) is 0 Å². The van der Waals surface area contributed by atoms with Crippen molar-refractivity contribution in [2.45, 2.75) is 10.4 Å². The van der Waals surface area contributed by atoms with E-state index in [0.29, 0.717) is 5.37 Å². The number of thioether (sulfide) groups is 1. The molecule has 0 fully saturated rings. The Bertz CT molecular complexity index is 624. The Labute approximate surface area is 103 Å². The SMILES string of the molecule is C1=CC2Sc3nccnc3N2c2ccccc21. The van der Waals surface area contributed by atoms with Crippen molar-refractivity contribution in [2.75, 3.05) is 4.90 Å². The average molecular weight is 239 g/mol. The summed E-state index contributed by atoms with van der Waals surface area (Å²) >= 11 is 1.75. The molecule has 4 heteroatoms. The predicted octanol–water partition coefficient (Wildman–Crippen LogP) is 3.07. The highest BCUT2D eigenvalue weighted by Crippen LogP contribution is 2.48. The van der Waals surface area contributed by atoms with Crippen molar-refractivity contribution in [2.24, 2.45) is 0 Å². The number of hydrogen-bond acceptors (Lipinski definition) is 4. The normalized spacial score (nSPS) is 19.8. The number of anilines is 2. The summed E-state index contributed by atoms with van der Waals surface area (Å²) in [5.41, 5.74) is 2.45. The maximum Gasteiger partial charge on any atom is 0.167 e. The lowest BCUT2D eigenvalue weighted by Crippen LogP contribution is -2.25. The molecule has 0 amide bonds. The summed E-state index contributed by atoms with van der Waals surface area (Å²) in [4.78, 5) is 11.1. The van der Waals surface area contributed by atoms with Crippen LogP contribution < -0.4 is 4.90 Å². The third-order valence-corrected chi connectivity index (χ3v) is 4.12. The molecule has 4 rings (SSSR count). The fourth-order valence-corrected chi connectivity index (χ4v) is 3.35. The molecule has 0 radical (unpaired) electrons. The Morgan fingerprint density at radius 1 is 1.12 bits per heavy atom. The van der Waals surface area contributed by atoms with E-state index >= 15 is 0 Å². The molecular weight excluding hydrogens is 230 g/mol.